The smallest absolute Gasteiger partial charge is 0.168 e. The van der Waals surface area contributed by atoms with E-state index in [1.54, 1.807) is 11.3 Å². The van der Waals surface area contributed by atoms with Gasteiger partial charge in [-0.25, -0.2) is 4.98 Å². The number of nitrogen functional groups attached to an aromatic ring is 1. The molecule has 0 aliphatic heterocycles. The number of aryl methyl sites for hydroxylation is 1. The van der Waals surface area contributed by atoms with Crippen molar-refractivity contribution in [1.82, 2.24) is 9.55 Å². The lowest BCUT2D eigenvalue weighted by Crippen LogP contribution is -2.00. The van der Waals surface area contributed by atoms with Crippen LogP contribution in [-0.4, -0.2) is 9.55 Å². The predicted molar refractivity (Wildman–Crippen MR) is 102 cm³/mol. The van der Waals surface area contributed by atoms with Crippen LogP contribution in [-0.2, 0) is 0 Å². The normalized spacial score (nSPS) is 11.2. The van der Waals surface area contributed by atoms with Gasteiger partial charge in [-0.1, -0.05) is 41.2 Å². The molecule has 0 saturated heterocycles. The van der Waals surface area contributed by atoms with Crippen LogP contribution in [0.25, 0.3) is 25.8 Å². The topological polar surface area (TPSA) is 43.8 Å². The summed E-state index contributed by atoms with van der Waals surface area (Å²) in [5.41, 5.74) is 9.59. The molecule has 2 heterocycles. The number of benzene rings is 2. The third-order valence-corrected chi connectivity index (χ3v) is 6.21. The molecule has 3 nitrogen and oxygen atoms in total. The number of aromatic nitrogens is 2. The SMILES string of the molecule is Cc1ccc(-n2c(N)c(-c3nc4ccccc4s3)sc2=S)cc1. The van der Waals surface area contributed by atoms with Gasteiger partial charge in [0.1, 0.15) is 15.7 Å². The van der Waals surface area contributed by atoms with E-state index in [4.69, 9.17) is 22.9 Å². The molecule has 0 fully saturated rings. The maximum absolute atomic E-state index is 6.40. The quantitative estimate of drug-likeness (QED) is 0.487. The highest BCUT2D eigenvalue weighted by molar-refractivity contribution is 7.73. The van der Waals surface area contributed by atoms with Gasteiger partial charge in [0.25, 0.3) is 0 Å². The van der Waals surface area contributed by atoms with E-state index < -0.39 is 0 Å². The van der Waals surface area contributed by atoms with Crippen molar-refractivity contribution in [2.75, 3.05) is 5.73 Å². The molecule has 0 radical (unpaired) electrons. The molecule has 6 heteroatoms. The highest BCUT2D eigenvalue weighted by Crippen LogP contribution is 2.39. The fourth-order valence-electron chi connectivity index (χ4n) is 2.45. The first-order valence-corrected chi connectivity index (χ1v) is 9.12. The van der Waals surface area contributed by atoms with Gasteiger partial charge in [-0.15, -0.1) is 11.3 Å². The number of para-hydroxylation sites is 1. The van der Waals surface area contributed by atoms with Crippen LogP contribution in [0.2, 0.25) is 0 Å². The third-order valence-electron chi connectivity index (χ3n) is 3.63. The highest BCUT2D eigenvalue weighted by atomic mass is 32.1. The lowest BCUT2D eigenvalue weighted by atomic mass is 10.2. The molecule has 0 saturated carbocycles. The first-order valence-electron chi connectivity index (χ1n) is 7.08. The molecule has 0 amide bonds. The average Bonchev–Trinajstić information content (AvgIpc) is 3.09. The summed E-state index contributed by atoms with van der Waals surface area (Å²) >= 11 is 8.69. The predicted octanol–water partition coefficient (Wildman–Crippen LogP) is 5.44. The fraction of sp³-hybridized carbons (Fsp3) is 0.0588. The molecule has 114 valence electrons. The molecule has 0 atom stereocenters. The summed E-state index contributed by atoms with van der Waals surface area (Å²) in [7, 11) is 0. The largest absolute Gasteiger partial charge is 0.383 e. The van der Waals surface area contributed by atoms with E-state index >= 15 is 0 Å². The van der Waals surface area contributed by atoms with E-state index in [9.17, 15) is 0 Å². The average molecular weight is 356 g/mol. The van der Waals surface area contributed by atoms with Gasteiger partial charge in [-0.2, -0.15) is 0 Å². The monoisotopic (exact) mass is 355 g/mol. The molecule has 4 aromatic rings. The van der Waals surface area contributed by atoms with E-state index in [1.165, 1.54) is 16.9 Å². The Kier molecular flexibility index (Phi) is 3.52. The van der Waals surface area contributed by atoms with Crippen molar-refractivity contribution in [3.8, 4) is 15.6 Å². The number of anilines is 1. The maximum Gasteiger partial charge on any atom is 0.168 e. The van der Waals surface area contributed by atoms with Crippen molar-refractivity contribution >= 4 is 50.9 Å². The minimum Gasteiger partial charge on any atom is -0.383 e. The molecule has 0 aliphatic carbocycles. The van der Waals surface area contributed by atoms with E-state index in [0.717, 1.165) is 29.7 Å². The van der Waals surface area contributed by atoms with Gasteiger partial charge in [-0.3, -0.25) is 4.57 Å². The van der Waals surface area contributed by atoms with E-state index in [0.29, 0.717) is 5.82 Å². The van der Waals surface area contributed by atoms with Crippen molar-refractivity contribution < 1.29 is 0 Å². The molecule has 0 bridgehead atoms. The van der Waals surface area contributed by atoms with E-state index in [-0.39, 0.29) is 0 Å². The number of nitrogens with zero attached hydrogens (tertiary/aromatic N) is 2. The molecule has 2 N–H and O–H groups in total. The van der Waals surface area contributed by atoms with Crippen LogP contribution in [0.1, 0.15) is 5.56 Å². The summed E-state index contributed by atoms with van der Waals surface area (Å²) in [6.07, 6.45) is 0. The lowest BCUT2D eigenvalue weighted by Gasteiger charge is -2.06. The molecule has 0 spiro atoms. The van der Waals surface area contributed by atoms with Gasteiger partial charge in [0.05, 0.1) is 10.2 Å². The molecule has 2 aromatic carbocycles. The summed E-state index contributed by atoms with van der Waals surface area (Å²) in [6.45, 7) is 2.06. The van der Waals surface area contributed by atoms with E-state index in [2.05, 4.69) is 25.1 Å². The van der Waals surface area contributed by atoms with Gasteiger partial charge >= 0.3 is 0 Å². The maximum atomic E-state index is 6.40. The summed E-state index contributed by atoms with van der Waals surface area (Å²) in [5.74, 6) is 0.655. The second-order valence-corrected chi connectivity index (χ2v) is 7.91. The van der Waals surface area contributed by atoms with Gasteiger partial charge in [0, 0.05) is 5.69 Å². The Morgan fingerprint density at radius 2 is 1.78 bits per heavy atom. The Morgan fingerprint density at radius 3 is 2.52 bits per heavy atom. The van der Waals surface area contributed by atoms with E-state index in [1.807, 2.05) is 34.9 Å². The van der Waals surface area contributed by atoms with Crippen LogP contribution >= 0.6 is 34.9 Å². The van der Waals surface area contributed by atoms with Gasteiger partial charge in [0.2, 0.25) is 0 Å². The number of hydrogen-bond donors (Lipinski definition) is 1. The summed E-state index contributed by atoms with van der Waals surface area (Å²) in [6, 6.07) is 16.3. The van der Waals surface area contributed by atoms with Crippen LogP contribution in [0.15, 0.2) is 48.5 Å². The second kappa shape index (κ2) is 5.56. The standard InChI is InChI=1S/C17H13N3S3/c1-10-6-8-11(9-7-10)20-15(18)14(23-17(20)21)16-19-12-4-2-3-5-13(12)22-16/h2-9H,18H2,1H3. The zero-order chi connectivity index (χ0) is 16.0. The van der Waals surface area contributed by atoms with Crippen LogP contribution in [0.4, 0.5) is 5.82 Å². The van der Waals surface area contributed by atoms with Crippen molar-refractivity contribution in [3.05, 3.63) is 58.0 Å². The molecule has 0 aliphatic rings. The number of thiazole rings is 2. The Hall–Kier alpha value is -2.02. The van der Waals surface area contributed by atoms with Crippen LogP contribution < -0.4 is 5.73 Å². The lowest BCUT2D eigenvalue weighted by molar-refractivity contribution is 1.08. The molecule has 23 heavy (non-hydrogen) atoms. The second-order valence-electron chi connectivity index (χ2n) is 5.24. The summed E-state index contributed by atoms with van der Waals surface area (Å²) < 4.78 is 3.81. The Labute approximate surface area is 146 Å². The zero-order valence-corrected chi connectivity index (χ0v) is 14.8. The van der Waals surface area contributed by atoms with Crippen molar-refractivity contribution in [2.24, 2.45) is 0 Å². The Bertz CT molecular complexity index is 1020. The van der Waals surface area contributed by atoms with Crippen LogP contribution in [0, 0.1) is 10.9 Å². The molecule has 4 rings (SSSR count). The van der Waals surface area contributed by atoms with Gasteiger partial charge in [-0.05, 0) is 43.4 Å². The Balaban J connectivity index is 1.89. The van der Waals surface area contributed by atoms with Crippen molar-refractivity contribution in [1.29, 1.82) is 0 Å². The van der Waals surface area contributed by atoms with Crippen LogP contribution in [0.3, 0.4) is 0 Å². The zero-order valence-electron chi connectivity index (χ0n) is 12.3. The number of rotatable bonds is 2. The summed E-state index contributed by atoms with van der Waals surface area (Å²) in [4.78, 5) is 5.64. The van der Waals surface area contributed by atoms with Gasteiger partial charge in [0.15, 0.2) is 3.95 Å². The van der Waals surface area contributed by atoms with Gasteiger partial charge < -0.3 is 5.73 Å². The minimum absolute atomic E-state index is 0.655. The highest BCUT2D eigenvalue weighted by Gasteiger charge is 2.16. The number of hydrogen-bond acceptors (Lipinski definition) is 5. The molecule has 2 aromatic heterocycles. The van der Waals surface area contributed by atoms with Crippen LogP contribution in [0.5, 0.6) is 0 Å². The fourth-order valence-corrected chi connectivity index (χ4v) is 4.86. The first kappa shape index (κ1) is 14.6. The number of fused-ring (bicyclic) bond motifs is 1. The van der Waals surface area contributed by atoms with Crippen molar-refractivity contribution in [2.45, 2.75) is 6.92 Å². The third kappa shape index (κ3) is 2.49. The molecule has 0 unspecified atom stereocenters. The molecular weight excluding hydrogens is 342 g/mol. The minimum atomic E-state index is 0.655. The first-order chi connectivity index (χ1) is 11.1. The molecular formula is C17H13N3S3. The Morgan fingerprint density at radius 1 is 1.04 bits per heavy atom. The van der Waals surface area contributed by atoms with Crippen molar-refractivity contribution in [3.63, 3.8) is 0 Å². The number of nitrogens with two attached hydrogens (primary N) is 1. The summed E-state index contributed by atoms with van der Waals surface area (Å²) in [5, 5.41) is 0.922.